The number of pyridine rings is 1. The number of aliphatic hydroxyl groups is 1. The van der Waals surface area contributed by atoms with E-state index < -0.39 is 4.92 Å². The van der Waals surface area contributed by atoms with Crippen LogP contribution >= 0.6 is 0 Å². The van der Waals surface area contributed by atoms with Crippen molar-refractivity contribution in [3.8, 4) is 11.6 Å². The maximum atomic E-state index is 10.8. The van der Waals surface area contributed by atoms with Gasteiger partial charge in [-0.3, -0.25) is 10.1 Å². The van der Waals surface area contributed by atoms with E-state index >= 15 is 0 Å². The molecule has 0 aliphatic carbocycles. The largest absolute Gasteiger partial charge is 0.433 e. The fourth-order valence-electron chi connectivity index (χ4n) is 1.44. The molecular formula is C12H10N2O4. The second-order valence-electron chi connectivity index (χ2n) is 3.45. The van der Waals surface area contributed by atoms with Crippen molar-refractivity contribution in [3.05, 3.63) is 58.3 Å². The van der Waals surface area contributed by atoms with Crippen LogP contribution in [0.15, 0.2) is 42.6 Å². The van der Waals surface area contributed by atoms with Gasteiger partial charge in [-0.2, -0.15) is 0 Å². The van der Waals surface area contributed by atoms with Crippen LogP contribution in [0.1, 0.15) is 5.56 Å². The Bertz CT molecular complexity index is 572. The number of hydrogen-bond acceptors (Lipinski definition) is 5. The molecule has 0 amide bonds. The molecule has 18 heavy (non-hydrogen) atoms. The van der Waals surface area contributed by atoms with Gasteiger partial charge >= 0.3 is 5.69 Å². The zero-order valence-electron chi connectivity index (χ0n) is 9.31. The molecule has 0 unspecified atom stereocenters. The Balaban J connectivity index is 2.37. The lowest BCUT2D eigenvalue weighted by Gasteiger charge is -2.08. The maximum absolute atomic E-state index is 10.8. The first kappa shape index (κ1) is 12.0. The summed E-state index contributed by atoms with van der Waals surface area (Å²) in [6.45, 7) is -0.212. The first-order chi connectivity index (χ1) is 8.72. The smallest absolute Gasteiger partial charge is 0.331 e. The summed E-state index contributed by atoms with van der Waals surface area (Å²) in [5.41, 5.74) is 0.322. The molecule has 0 aliphatic heterocycles. The number of aliphatic hydroxyl groups excluding tert-OH is 1. The number of nitrogens with zero attached hydrogens (tertiary/aromatic N) is 2. The zero-order valence-corrected chi connectivity index (χ0v) is 9.31. The van der Waals surface area contributed by atoms with Gasteiger partial charge in [0.2, 0.25) is 0 Å². The summed E-state index contributed by atoms with van der Waals surface area (Å²) >= 11 is 0. The summed E-state index contributed by atoms with van der Waals surface area (Å²) in [5.74, 6) is 0.255. The molecular weight excluding hydrogens is 236 g/mol. The second-order valence-corrected chi connectivity index (χ2v) is 3.45. The molecule has 1 N–H and O–H groups in total. The third kappa shape index (κ3) is 2.44. The van der Waals surface area contributed by atoms with Crippen molar-refractivity contribution in [2.75, 3.05) is 0 Å². The van der Waals surface area contributed by atoms with Crippen LogP contribution in [0.4, 0.5) is 5.69 Å². The van der Waals surface area contributed by atoms with Crippen LogP contribution in [-0.4, -0.2) is 15.0 Å². The van der Waals surface area contributed by atoms with Gasteiger partial charge < -0.3 is 9.84 Å². The molecule has 2 rings (SSSR count). The third-order valence-electron chi connectivity index (χ3n) is 2.30. The Morgan fingerprint density at radius 2 is 2.06 bits per heavy atom. The molecule has 2 aromatic rings. The minimum absolute atomic E-state index is 0.0941. The molecule has 1 aromatic heterocycles. The summed E-state index contributed by atoms with van der Waals surface area (Å²) in [4.78, 5) is 14.1. The SMILES string of the molecule is O=[N+]([O-])c1cccnc1Oc1ccccc1CO. The normalized spacial score (nSPS) is 10.1. The molecule has 92 valence electrons. The number of ether oxygens (including phenoxy) is 1. The topological polar surface area (TPSA) is 85.5 Å². The van der Waals surface area contributed by atoms with Gasteiger partial charge in [0.25, 0.3) is 5.88 Å². The highest BCUT2D eigenvalue weighted by atomic mass is 16.6. The molecule has 1 heterocycles. The summed E-state index contributed by atoms with van der Waals surface area (Å²) in [6, 6.07) is 9.51. The molecule has 0 bridgehead atoms. The molecule has 6 heteroatoms. The third-order valence-corrected chi connectivity index (χ3v) is 2.30. The second kappa shape index (κ2) is 5.24. The molecule has 0 aliphatic rings. The molecule has 6 nitrogen and oxygen atoms in total. The van der Waals surface area contributed by atoms with E-state index in [2.05, 4.69) is 4.98 Å². The lowest BCUT2D eigenvalue weighted by Crippen LogP contribution is -1.97. The molecule has 0 radical (unpaired) electrons. The first-order valence-electron chi connectivity index (χ1n) is 5.18. The Kier molecular flexibility index (Phi) is 3.49. The Morgan fingerprint density at radius 3 is 2.78 bits per heavy atom. The van der Waals surface area contributed by atoms with E-state index in [0.29, 0.717) is 11.3 Å². The van der Waals surface area contributed by atoms with Crippen LogP contribution in [0.25, 0.3) is 0 Å². The quantitative estimate of drug-likeness (QED) is 0.660. The van der Waals surface area contributed by atoms with Gasteiger partial charge in [0.05, 0.1) is 11.5 Å². The monoisotopic (exact) mass is 246 g/mol. The standard InChI is InChI=1S/C12H10N2O4/c15-8-9-4-1-2-6-11(9)18-12-10(14(16)17)5-3-7-13-12/h1-7,15H,8H2. The van der Waals surface area contributed by atoms with Crippen molar-refractivity contribution in [1.82, 2.24) is 4.98 Å². The van der Waals surface area contributed by atoms with Crippen LogP contribution in [0.3, 0.4) is 0 Å². The molecule has 0 spiro atoms. The van der Waals surface area contributed by atoms with Crippen molar-refractivity contribution >= 4 is 5.69 Å². The van der Waals surface area contributed by atoms with Gasteiger partial charge in [-0.25, -0.2) is 4.98 Å². The summed E-state index contributed by atoms with van der Waals surface area (Å²) in [7, 11) is 0. The molecule has 0 saturated carbocycles. The number of para-hydroxylation sites is 1. The number of rotatable bonds is 4. The summed E-state index contributed by atoms with van der Waals surface area (Å²) in [6.07, 6.45) is 1.41. The van der Waals surface area contributed by atoms with E-state index in [1.807, 2.05) is 0 Å². The highest BCUT2D eigenvalue weighted by molar-refractivity contribution is 5.44. The minimum Gasteiger partial charge on any atom is -0.433 e. The molecule has 1 aromatic carbocycles. The fraction of sp³-hybridized carbons (Fsp3) is 0.0833. The van der Waals surface area contributed by atoms with Crippen LogP contribution in [0.5, 0.6) is 11.6 Å². The number of benzene rings is 1. The van der Waals surface area contributed by atoms with E-state index in [1.165, 1.54) is 18.3 Å². The van der Waals surface area contributed by atoms with E-state index in [0.717, 1.165) is 0 Å². The predicted molar refractivity (Wildman–Crippen MR) is 63.3 cm³/mol. The molecule has 0 atom stereocenters. The van der Waals surface area contributed by atoms with Crippen LogP contribution in [0.2, 0.25) is 0 Å². The number of nitro groups is 1. The number of hydrogen-bond donors (Lipinski definition) is 1. The minimum atomic E-state index is -0.566. The van der Waals surface area contributed by atoms with Gasteiger partial charge in [0.15, 0.2) is 0 Å². The summed E-state index contributed by atoms with van der Waals surface area (Å²) < 4.78 is 5.38. The predicted octanol–water partition coefficient (Wildman–Crippen LogP) is 2.27. The van der Waals surface area contributed by atoms with E-state index in [4.69, 9.17) is 9.84 Å². The van der Waals surface area contributed by atoms with Gasteiger partial charge in [0, 0.05) is 17.8 Å². The van der Waals surface area contributed by atoms with Crippen molar-refractivity contribution in [2.24, 2.45) is 0 Å². The molecule has 0 saturated heterocycles. The van der Waals surface area contributed by atoms with Crippen molar-refractivity contribution in [2.45, 2.75) is 6.61 Å². The fourth-order valence-corrected chi connectivity index (χ4v) is 1.44. The van der Waals surface area contributed by atoms with Crippen LogP contribution < -0.4 is 4.74 Å². The van der Waals surface area contributed by atoms with E-state index in [1.54, 1.807) is 24.3 Å². The van der Waals surface area contributed by atoms with Gasteiger partial charge in [-0.15, -0.1) is 0 Å². The van der Waals surface area contributed by atoms with Crippen molar-refractivity contribution in [1.29, 1.82) is 0 Å². The Labute approximate surface area is 103 Å². The Hall–Kier alpha value is -2.47. The highest BCUT2D eigenvalue weighted by Crippen LogP contribution is 2.30. The van der Waals surface area contributed by atoms with Gasteiger partial charge in [-0.1, -0.05) is 18.2 Å². The lowest BCUT2D eigenvalue weighted by atomic mass is 10.2. The zero-order chi connectivity index (χ0) is 13.0. The van der Waals surface area contributed by atoms with Crippen molar-refractivity contribution < 1.29 is 14.8 Å². The van der Waals surface area contributed by atoms with Crippen LogP contribution in [-0.2, 0) is 6.61 Å². The van der Waals surface area contributed by atoms with Crippen molar-refractivity contribution in [3.63, 3.8) is 0 Å². The first-order valence-corrected chi connectivity index (χ1v) is 5.18. The van der Waals surface area contributed by atoms with E-state index in [-0.39, 0.29) is 18.2 Å². The van der Waals surface area contributed by atoms with Gasteiger partial charge in [0.1, 0.15) is 5.75 Å². The Morgan fingerprint density at radius 1 is 1.28 bits per heavy atom. The maximum Gasteiger partial charge on any atom is 0.331 e. The lowest BCUT2D eigenvalue weighted by molar-refractivity contribution is -0.386. The average Bonchev–Trinajstić information content (AvgIpc) is 2.40. The molecule has 0 fully saturated rings. The highest BCUT2D eigenvalue weighted by Gasteiger charge is 2.17. The number of aromatic nitrogens is 1. The van der Waals surface area contributed by atoms with E-state index in [9.17, 15) is 10.1 Å². The van der Waals surface area contributed by atoms with Gasteiger partial charge in [-0.05, 0) is 12.1 Å². The summed E-state index contributed by atoms with van der Waals surface area (Å²) in [5, 5.41) is 19.9. The average molecular weight is 246 g/mol. The van der Waals surface area contributed by atoms with Crippen LogP contribution in [0, 0.1) is 10.1 Å².